The standard InChI is InChI=1S/C22H24FN3O/c1-14-4-7-20-21(12-14)26(16(3)24-20)18-8-10-25(11-9-18)22(27)17-5-6-19(23)15(2)13-17/h4-7,12-13,18H,8-11H2,1-3H3. The van der Waals surface area contributed by atoms with Gasteiger partial charge in [0.15, 0.2) is 0 Å². The largest absolute Gasteiger partial charge is 0.338 e. The summed E-state index contributed by atoms with van der Waals surface area (Å²) in [6.45, 7) is 7.23. The first kappa shape index (κ1) is 17.7. The zero-order valence-electron chi connectivity index (χ0n) is 16.0. The van der Waals surface area contributed by atoms with Crippen LogP contribution in [0.15, 0.2) is 36.4 Å². The van der Waals surface area contributed by atoms with Crippen LogP contribution in [0.2, 0.25) is 0 Å². The molecule has 5 heteroatoms. The number of aryl methyl sites for hydroxylation is 3. The van der Waals surface area contributed by atoms with E-state index in [9.17, 15) is 9.18 Å². The second kappa shape index (κ2) is 6.80. The van der Waals surface area contributed by atoms with Gasteiger partial charge in [-0.05, 0) is 75.1 Å². The fourth-order valence-electron chi connectivity index (χ4n) is 4.07. The third-order valence-electron chi connectivity index (χ3n) is 5.54. The van der Waals surface area contributed by atoms with Gasteiger partial charge in [-0.3, -0.25) is 4.79 Å². The van der Waals surface area contributed by atoms with Crippen LogP contribution in [0.4, 0.5) is 4.39 Å². The molecule has 1 aromatic heterocycles. The molecule has 4 nitrogen and oxygen atoms in total. The lowest BCUT2D eigenvalue weighted by atomic mass is 10.0. The summed E-state index contributed by atoms with van der Waals surface area (Å²) >= 11 is 0. The van der Waals surface area contributed by atoms with Crippen LogP contribution in [0.5, 0.6) is 0 Å². The summed E-state index contributed by atoms with van der Waals surface area (Å²) in [5.41, 5.74) is 4.49. The molecule has 0 saturated carbocycles. The summed E-state index contributed by atoms with van der Waals surface area (Å²) in [7, 11) is 0. The first-order valence-electron chi connectivity index (χ1n) is 9.44. The number of benzene rings is 2. The number of piperidine rings is 1. The monoisotopic (exact) mass is 365 g/mol. The molecule has 1 amide bonds. The van der Waals surface area contributed by atoms with Crippen LogP contribution in [0.1, 0.15) is 46.2 Å². The Labute approximate surface area is 158 Å². The molecule has 140 valence electrons. The molecule has 3 aromatic rings. The lowest BCUT2D eigenvalue weighted by Gasteiger charge is -2.33. The molecule has 1 fully saturated rings. The fourth-order valence-corrected chi connectivity index (χ4v) is 4.07. The fraction of sp³-hybridized carbons (Fsp3) is 0.364. The van der Waals surface area contributed by atoms with Crippen LogP contribution < -0.4 is 0 Å². The summed E-state index contributed by atoms with van der Waals surface area (Å²) in [4.78, 5) is 19.3. The van der Waals surface area contributed by atoms with Crippen molar-refractivity contribution in [1.82, 2.24) is 14.5 Å². The highest BCUT2D eigenvalue weighted by atomic mass is 19.1. The highest BCUT2D eigenvalue weighted by Gasteiger charge is 2.26. The number of imidazole rings is 1. The van der Waals surface area contributed by atoms with Crippen LogP contribution in [0.3, 0.4) is 0 Å². The molecule has 0 N–H and O–H groups in total. The van der Waals surface area contributed by atoms with Gasteiger partial charge in [0.05, 0.1) is 11.0 Å². The third kappa shape index (κ3) is 3.22. The van der Waals surface area contributed by atoms with E-state index in [0.717, 1.165) is 24.2 Å². The molecule has 1 aliphatic rings. The molecule has 27 heavy (non-hydrogen) atoms. The van der Waals surface area contributed by atoms with Crippen molar-refractivity contribution in [3.63, 3.8) is 0 Å². The SMILES string of the molecule is Cc1ccc2nc(C)n(C3CCN(C(=O)c4ccc(F)c(C)c4)CC3)c2c1. The van der Waals surface area contributed by atoms with Gasteiger partial charge in [-0.15, -0.1) is 0 Å². The van der Waals surface area contributed by atoms with Crippen LogP contribution in [-0.4, -0.2) is 33.4 Å². The number of hydrogen-bond donors (Lipinski definition) is 0. The van der Waals surface area contributed by atoms with Gasteiger partial charge < -0.3 is 9.47 Å². The summed E-state index contributed by atoms with van der Waals surface area (Å²) in [6.07, 6.45) is 1.79. The normalized spacial score (nSPS) is 15.5. The third-order valence-corrected chi connectivity index (χ3v) is 5.54. The van der Waals surface area contributed by atoms with E-state index in [0.29, 0.717) is 30.3 Å². The number of amides is 1. The van der Waals surface area contributed by atoms with Gasteiger partial charge >= 0.3 is 0 Å². The Hall–Kier alpha value is -2.69. The van der Waals surface area contributed by atoms with Crippen molar-refractivity contribution in [2.24, 2.45) is 0 Å². The van der Waals surface area contributed by atoms with Crippen LogP contribution in [-0.2, 0) is 0 Å². The van der Waals surface area contributed by atoms with E-state index in [4.69, 9.17) is 4.98 Å². The van der Waals surface area contributed by atoms with Crippen molar-refractivity contribution >= 4 is 16.9 Å². The van der Waals surface area contributed by atoms with Gasteiger partial charge in [-0.25, -0.2) is 9.37 Å². The van der Waals surface area contributed by atoms with E-state index < -0.39 is 0 Å². The van der Waals surface area contributed by atoms with Gasteiger partial charge in [-0.2, -0.15) is 0 Å². The van der Waals surface area contributed by atoms with Crippen molar-refractivity contribution in [3.05, 3.63) is 64.7 Å². The number of rotatable bonds is 2. The van der Waals surface area contributed by atoms with Gasteiger partial charge in [0.25, 0.3) is 5.91 Å². The molecule has 0 spiro atoms. The Balaban J connectivity index is 1.52. The van der Waals surface area contributed by atoms with E-state index >= 15 is 0 Å². The molecule has 0 radical (unpaired) electrons. The van der Waals surface area contributed by atoms with Crippen molar-refractivity contribution in [3.8, 4) is 0 Å². The van der Waals surface area contributed by atoms with Crippen LogP contribution in [0.25, 0.3) is 11.0 Å². The predicted molar refractivity (Wildman–Crippen MR) is 105 cm³/mol. The lowest BCUT2D eigenvalue weighted by molar-refractivity contribution is 0.0695. The molecular formula is C22H24FN3O. The number of carbonyl (C=O) groups excluding carboxylic acids is 1. The molecule has 2 aromatic carbocycles. The predicted octanol–water partition coefficient (Wildman–Crippen LogP) is 4.58. The second-order valence-corrected chi connectivity index (χ2v) is 7.51. The van der Waals surface area contributed by atoms with E-state index in [2.05, 4.69) is 29.7 Å². The zero-order valence-corrected chi connectivity index (χ0v) is 16.0. The topological polar surface area (TPSA) is 38.1 Å². The van der Waals surface area contributed by atoms with Crippen molar-refractivity contribution < 1.29 is 9.18 Å². The van der Waals surface area contributed by atoms with Crippen LogP contribution in [0, 0.1) is 26.6 Å². The quantitative estimate of drug-likeness (QED) is 0.667. The van der Waals surface area contributed by atoms with E-state index in [1.807, 2.05) is 11.8 Å². The molecule has 2 heterocycles. The number of aromatic nitrogens is 2. The minimum absolute atomic E-state index is 0.0143. The number of likely N-dealkylation sites (tertiary alicyclic amines) is 1. The maximum absolute atomic E-state index is 13.5. The van der Waals surface area contributed by atoms with Crippen LogP contribution >= 0.6 is 0 Å². The van der Waals surface area contributed by atoms with E-state index in [-0.39, 0.29) is 11.7 Å². The van der Waals surface area contributed by atoms with Gasteiger partial charge in [0.2, 0.25) is 0 Å². The minimum atomic E-state index is -0.275. The van der Waals surface area contributed by atoms with Crippen molar-refractivity contribution in [1.29, 1.82) is 0 Å². The average Bonchev–Trinajstić information content (AvgIpc) is 2.98. The molecule has 0 aliphatic carbocycles. The summed E-state index contributed by atoms with van der Waals surface area (Å²) < 4.78 is 15.8. The van der Waals surface area contributed by atoms with Crippen molar-refractivity contribution in [2.75, 3.05) is 13.1 Å². The van der Waals surface area contributed by atoms with E-state index in [1.165, 1.54) is 17.1 Å². The first-order chi connectivity index (χ1) is 12.9. The number of halogens is 1. The smallest absolute Gasteiger partial charge is 0.253 e. The Morgan fingerprint density at radius 1 is 1.07 bits per heavy atom. The maximum Gasteiger partial charge on any atom is 0.253 e. The van der Waals surface area contributed by atoms with E-state index in [1.54, 1.807) is 19.1 Å². The van der Waals surface area contributed by atoms with Gasteiger partial charge in [-0.1, -0.05) is 6.07 Å². The Morgan fingerprint density at radius 2 is 1.81 bits per heavy atom. The molecule has 1 saturated heterocycles. The number of fused-ring (bicyclic) bond motifs is 1. The maximum atomic E-state index is 13.5. The molecule has 0 unspecified atom stereocenters. The summed E-state index contributed by atoms with van der Waals surface area (Å²) in [6, 6.07) is 11.3. The zero-order chi connectivity index (χ0) is 19.1. The molecule has 4 rings (SSSR count). The van der Waals surface area contributed by atoms with Crippen molar-refractivity contribution in [2.45, 2.75) is 39.7 Å². The Kier molecular flexibility index (Phi) is 4.46. The van der Waals surface area contributed by atoms with Gasteiger partial charge in [0, 0.05) is 24.7 Å². The second-order valence-electron chi connectivity index (χ2n) is 7.51. The Morgan fingerprint density at radius 3 is 2.52 bits per heavy atom. The Bertz CT molecular complexity index is 1020. The average molecular weight is 365 g/mol. The molecule has 0 atom stereocenters. The number of hydrogen-bond acceptors (Lipinski definition) is 2. The number of carbonyl (C=O) groups is 1. The lowest BCUT2D eigenvalue weighted by Crippen LogP contribution is -2.39. The molecule has 0 bridgehead atoms. The summed E-state index contributed by atoms with van der Waals surface area (Å²) in [5, 5.41) is 0. The molecule has 1 aliphatic heterocycles. The first-order valence-corrected chi connectivity index (χ1v) is 9.44. The molecular weight excluding hydrogens is 341 g/mol. The highest BCUT2D eigenvalue weighted by Crippen LogP contribution is 2.29. The highest BCUT2D eigenvalue weighted by molar-refractivity contribution is 5.94. The number of nitrogens with zero attached hydrogens (tertiary/aromatic N) is 3. The summed E-state index contributed by atoms with van der Waals surface area (Å²) in [5.74, 6) is 0.733. The van der Waals surface area contributed by atoms with Gasteiger partial charge in [0.1, 0.15) is 11.6 Å². The minimum Gasteiger partial charge on any atom is -0.338 e.